The van der Waals surface area contributed by atoms with Gasteiger partial charge < -0.3 is 20.3 Å². The minimum absolute atomic E-state index is 0.340. The van der Waals surface area contributed by atoms with Gasteiger partial charge in [0, 0.05) is 6.07 Å². The second-order valence-electron chi connectivity index (χ2n) is 3.50. The number of hydrogen-bond acceptors (Lipinski definition) is 4. The Balaban J connectivity index is 2.52. The number of rotatable bonds is 6. The van der Waals surface area contributed by atoms with Crippen molar-refractivity contribution in [1.29, 1.82) is 0 Å². The average Bonchev–Trinajstić information content (AvgIpc) is 2.34. The Morgan fingerprint density at radius 3 is 2.58 bits per heavy atom. The number of carbonyl (C=O) groups is 2. The van der Waals surface area contributed by atoms with Crippen molar-refractivity contribution >= 4 is 11.9 Å². The zero-order valence-electron chi connectivity index (χ0n) is 9.60. The molecule has 0 saturated heterocycles. The monoisotopic (exact) mass is 275 g/mol. The number of aliphatic hydroxyl groups is 1. The van der Waals surface area contributed by atoms with E-state index in [1.165, 1.54) is 0 Å². The number of hydrogen-bond donors (Lipinski definition) is 3. The van der Waals surface area contributed by atoms with Crippen LogP contribution in [0.15, 0.2) is 18.2 Å². The van der Waals surface area contributed by atoms with Crippen molar-refractivity contribution in [1.82, 2.24) is 5.32 Å². The van der Waals surface area contributed by atoms with Gasteiger partial charge in [-0.05, 0) is 12.1 Å². The highest BCUT2D eigenvalue weighted by Gasteiger charge is 2.19. The van der Waals surface area contributed by atoms with Crippen LogP contribution >= 0.6 is 0 Å². The molecule has 8 heteroatoms. The van der Waals surface area contributed by atoms with Gasteiger partial charge >= 0.3 is 5.97 Å². The molecule has 3 N–H and O–H groups in total. The van der Waals surface area contributed by atoms with Gasteiger partial charge in [0.1, 0.15) is 11.9 Å². The van der Waals surface area contributed by atoms with E-state index in [1.807, 2.05) is 5.32 Å². The molecule has 1 aromatic carbocycles. The number of aliphatic hydroxyl groups excluding tert-OH is 1. The van der Waals surface area contributed by atoms with Gasteiger partial charge in [0.05, 0.1) is 6.61 Å². The molecule has 0 fully saturated rings. The summed E-state index contributed by atoms with van der Waals surface area (Å²) >= 11 is 0. The second-order valence-corrected chi connectivity index (χ2v) is 3.50. The summed E-state index contributed by atoms with van der Waals surface area (Å²) in [5, 5.41) is 19.2. The number of ether oxygens (including phenoxy) is 1. The number of aliphatic carboxylic acids is 1. The molecule has 0 aliphatic carbocycles. The fourth-order valence-corrected chi connectivity index (χ4v) is 1.16. The summed E-state index contributed by atoms with van der Waals surface area (Å²) in [5.41, 5.74) is 0. The topological polar surface area (TPSA) is 95.9 Å². The molecular formula is C11H11F2NO5. The lowest BCUT2D eigenvalue weighted by Gasteiger charge is -2.12. The van der Waals surface area contributed by atoms with Crippen LogP contribution in [0.5, 0.6) is 5.75 Å². The van der Waals surface area contributed by atoms with Crippen molar-refractivity contribution in [3.05, 3.63) is 29.8 Å². The number of benzene rings is 1. The molecule has 1 atom stereocenters. The summed E-state index contributed by atoms with van der Waals surface area (Å²) in [6.45, 7) is -1.45. The van der Waals surface area contributed by atoms with Crippen molar-refractivity contribution in [2.45, 2.75) is 6.04 Å². The Labute approximate surface area is 106 Å². The van der Waals surface area contributed by atoms with Crippen LogP contribution in [0.25, 0.3) is 0 Å². The van der Waals surface area contributed by atoms with Crippen LogP contribution in [0.1, 0.15) is 0 Å². The van der Waals surface area contributed by atoms with Gasteiger partial charge in [0.25, 0.3) is 5.91 Å². The van der Waals surface area contributed by atoms with E-state index in [9.17, 15) is 18.4 Å². The molecule has 0 aromatic heterocycles. The summed E-state index contributed by atoms with van der Waals surface area (Å²) in [6, 6.07) is 1.07. The van der Waals surface area contributed by atoms with Gasteiger partial charge in [-0.3, -0.25) is 4.79 Å². The maximum atomic E-state index is 13.1. The van der Waals surface area contributed by atoms with Crippen LogP contribution in [0.2, 0.25) is 0 Å². The van der Waals surface area contributed by atoms with Crippen LogP contribution in [0.3, 0.4) is 0 Å². The van der Waals surface area contributed by atoms with Crippen molar-refractivity contribution in [3.8, 4) is 5.75 Å². The maximum absolute atomic E-state index is 13.1. The number of carboxylic acids is 1. The first kappa shape index (κ1) is 14.8. The largest absolute Gasteiger partial charge is 0.481 e. The lowest BCUT2D eigenvalue weighted by molar-refractivity contribution is -0.143. The third kappa shape index (κ3) is 4.51. The van der Waals surface area contributed by atoms with E-state index in [-0.39, 0.29) is 5.75 Å². The minimum Gasteiger partial charge on any atom is -0.481 e. The quantitative estimate of drug-likeness (QED) is 0.674. The maximum Gasteiger partial charge on any atom is 0.328 e. The molecule has 1 aromatic rings. The fourth-order valence-electron chi connectivity index (χ4n) is 1.16. The fraction of sp³-hybridized carbons (Fsp3) is 0.273. The highest BCUT2D eigenvalue weighted by molar-refractivity contribution is 5.84. The van der Waals surface area contributed by atoms with E-state index in [2.05, 4.69) is 0 Å². The van der Waals surface area contributed by atoms with Crippen molar-refractivity contribution in [2.75, 3.05) is 13.2 Å². The molecule has 1 amide bonds. The van der Waals surface area contributed by atoms with E-state index in [0.717, 1.165) is 12.1 Å². The molecule has 104 valence electrons. The first-order chi connectivity index (χ1) is 8.93. The van der Waals surface area contributed by atoms with Gasteiger partial charge in [-0.1, -0.05) is 0 Å². The Bertz CT molecular complexity index is 480. The molecule has 0 bridgehead atoms. The van der Waals surface area contributed by atoms with E-state index in [0.29, 0.717) is 6.07 Å². The molecule has 1 rings (SSSR count). The Hall–Kier alpha value is -2.22. The van der Waals surface area contributed by atoms with Gasteiger partial charge in [-0.25, -0.2) is 13.6 Å². The molecule has 19 heavy (non-hydrogen) atoms. The number of nitrogens with one attached hydrogen (secondary N) is 1. The normalized spacial score (nSPS) is 11.7. The summed E-state index contributed by atoms with van der Waals surface area (Å²) in [4.78, 5) is 21.8. The van der Waals surface area contributed by atoms with Crippen molar-refractivity contribution < 1.29 is 33.3 Å². The molecule has 0 spiro atoms. The molecule has 0 unspecified atom stereocenters. The van der Waals surface area contributed by atoms with Crippen LogP contribution in [-0.2, 0) is 9.59 Å². The highest BCUT2D eigenvalue weighted by atomic mass is 19.1. The van der Waals surface area contributed by atoms with Crippen molar-refractivity contribution in [3.63, 3.8) is 0 Å². The Morgan fingerprint density at radius 2 is 2.05 bits per heavy atom. The first-order valence-electron chi connectivity index (χ1n) is 5.15. The SMILES string of the molecule is O=C(COc1ccc(F)cc1F)N[C@@H](CO)C(=O)O. The zero-order valence-corrected chi connectivity index (χ0v) is 9.60. The number of halogens is 2. The predicted octanol–water partition coefficient (Wildman–Crippen LogP) is -0.0947. The molecule has 0 saturated carbocycles. The summed E-state index contributed by atoms with van der Waals surface area (Å²) in [5.74, 6) is -4.38. The average molecular weight is 275 g/mol. The van der Waals surface area contributed by atoms with Crippen LogP contribution in [0.4, 0.5) is 8.78 Å². The summed E-state index contributed by atoms with van der Waals surface area (Å²) < 4.78 is 30.5. The summed E-state index contributed by atoms with van der Waals surface area (Å²) in [6.07, 6.45) is 0. The minimum atomic E-state index is -1.46. The van der Waals surface area contributed by atoms with Crippen LogP contribution in [-0.4, -0.2) is 41.3 Å². The van der Waals surface area contributed by atoms with Gasteiger partial charge in [0.2, 0.25) is 0 Å². The third-order valence-corrected chi connectivity index (χ3v) is 2.07. The number of carboxylic acid groups (broad SMARTS) is 1. The van der Waals surface area contributed by atoms with E-state index < -0.39 is 42.8 Å². The van der Waals surface area contributed by atoms with Crippen molar-refractivity contribution in [2.24, 2.45) is 0 Å². The first-order valence-corrected chi connectivity index (χ1v) is 5.15. The number of carbonyl (C=O) groups excluding carboxylic acids is 1. The number of amides is 1. The molecule has 6 nitrogen and oxygen atoms in total. The molecular weight excluding hydrogens is 264 g/mol. The third-order valence-electron chi connectivity index (χ3n) is 2.07. The van der Waals surface area contributed by atoms with E-state index in [4.69, 9.17) is 14.9 Å². The van der Waals surface area contributed by atoms with E-state index in [1.54, 1.807) is 0 Å². The van der Waals surface area contributed by atoms with E-state index >= 15 is 0 Å². The Kier molecular flexibility index (Phi) is 5.19. The second kappa shape index (κ2) is 6.64. The zero-order chi connectivity index (χ0) is 14.4. The van der Waals surface area contributed by atoms with Gasteiger partial charge in [0.15, 0.2) is 18.2 Å². The lowest BCUT2D eigenvalue weighted by Crippen LogP contribution is -2.45. The molecule has 0 aliphatic rings. The van der Waals surface area contributed by atoms with Gasteiger partial charge in [-0.2, -0.15) is 0 Å². The van der Waals surface area contributed by atoms with Crippen LogP contribution in [0, 0.1) is 11.6 Å². The molecule has 0 heterocycles. The predicted molar refractivity (Wildman–Crippen MR) is 58.5 cm³/mol. The Morgan fingerprint density at radius 1 is 1.37 bits per heavy atom. The van der Waals surface area contributed by atoms with Gasteiger partial charge in [-0.15, -0.1) is 0 Å². The lowest BCUT2D eigenvalue weighted by atomic mass is 10.3. The standard InChI is InChI=1S/C11H11F2NO5/c12-6-1-2-9(7(13)3-6)19-5-10(16)14-8(4-15)11(17)18/h1-3,8,15H,4-5H2,(H,14,16)(H,17,18)/t8-/m0/s1. The smallest absolute Gasteiger partial charge is 0.328 e. The highest BCUT2D eigenvalue weighted by Crippen LogP contribution is 2.17. The summed E-state index contributed by atoms with van der Waals surface area (Å²) in [7, 11) is 0. The van der Waals surface area contributed by atoms with Crippen LogP contribution < -0.4 is 10.1 Å². The molecule has 0 radical (unpaired) electrons. The molecule has 0 aliphatic heterocycles.